The summed E-state index contributed by atoms with van der Waals surface area (Å²) in [7, 11) is 1.29. The Balaban J connectivity index is 1.65. The van der Waals surface area contributed by atoms with E-state index >= 15 is 0 Å². The summed E-state index contributed by atoms with van der Waals surface area (Å²) in [5, 5.41) is 6.24. The van der Waals surface area contributed by atoms with Crippen molar-refractivity contribution in [1.29, 1.82) is 0 Å². The van der Waals surface area contributed by atoms with Crippen molar-refractivity contribution in [3.8, 4) is 23.1 Å². The third-order valence-electron chi connectivity index (χ3n) is 6.05. The average Bonchev–Trinajstić information content (AvgIpc) is 3.39. The van der Waals surface area contributed by atoms with Crippen molar-refractivity contribution in [3.63, 3.8) is 0 Å². The number of carbonyl (C=O) groups is 1. The highest BCUT2D eigenvalue weighted by atomic mass is 79.9. The predicted octanol–water partition coefficient (Wildman–Crippen LogP) is 7.21. The summed E-state index contributed by atoms with van der Waals surface area (Å²) in [5.41, 5.74) is 1.27. The van der Waals surface area contributed by atoms with Crippen molar-refractivity contribution in [1.82, 2.24) is 9.66 Å². The van der Waals surface area contributed by atoms with Gasteiger partial charge in [-0.3, -0.25) is 4.79 Å². The highest BCUT2D eigenvalue weighted by molar-refractivity contribution is 9.13. The van der Waals surface area contributed by atoms with Crippen LogP contribution in [0.3, 0.4) is 0 Å². The van der Waals surface area contributed by atoms with Gasteiger partial charge in [0.25, 0.3) is 5.56 Å². The van der Waals surface area contributed by atoms with Gasteiger partial charge in [-0.25, -0.2) is 9.78 Å². The van der Waals surface area contributed by atoms with Crippen LogP contribution in [0.2, 0.25) is 5.02 Å². The molecular formula is C29H22Br2ClN3O6. The zero-order chi connectivity index (χ0) is 29.3. The second-order valence-corrected chi connectivity index (χ2v) is 10.8. The Morgan fingerprint density at radius 1 is 1.17 bits per heavy atom. The number of rotatable bonds is 8. The lowest BCUT2D eigenvalue weighted by atomic mass is 10.2. The molecule has 0 saturated heterocycles. The van der Waals surface area contributed by atoms with Crippen LogP contribution in [-0.2, 0) is 9.53 Å². The first-order valence-electron chi connectivity index (χ1n) is 12.4. The molecule has 0 amide bonds. The van der Waals surface area contributed by atoms with Gasteiger partial charge in [0, 0.05) is 20.4 Å². The SMILES string of the molecule is CCOc1cc(C=Nn2c(-c3cc4cc(Cl)ccc4o3)nc3ccccc3c2=O)c(Br)c(Br)c1O[C@@H](C)C(=O)OC. The lowest BCUT2D eigenvalue weighted by Gasteiger charge is -2.19. The van der Waals surface area contributed by atoms with Crippen LogP contribution in [-0.4, -0.2) is 41.7 Å². The van der Waals surface area contributed by atoms with Gasteiger partial charge in [-0.1, -0.05) is 23.7 Å². The molecule has 210 valence electrons. The maximum Gasteiger partial charge on any atom is 0.346 e. The fourth-order valence-corrected chi connectivity index (χ4v) is 5.19. The summed E-state index contributed by atoms with van der Waals surface area (Å²) in [6, 6.07) is 15.7. The van der Waals surface area contributed by atoms with Crippen molar-refractivity contribution in [2.24, 2.45) is 5.10 Å². The lowest BCUT2D eigenvalue weighted by molar-refractivity contribution is -0.148. The average molecular weight is 704 g/mol. The predicted molar refractivity (Wildman–Crippen MR) is 164 cm³/mol. The quantitative estimate of drug-likeness (QED) is 0.124. The molecule has 0 aliphatic carbocycles. The molecule has 0 fully saturated rings. The first kappa shape index (κ1) is 28.8. The minimum absolute atomic E-state index is 0.212. The number of fused-ring (bicyclic) bond motifs is 2. The number of halogens is 3. The molecule has 2 heterocycles. The molecule has 3 aromatic carbocycles. The van der Waals surface area contributed by atoms with E-state index in [1.165, 1.54) is 18.0 Å². The number of ether oxygens (including phenoxy) is 3. The summed E-state index contributed by atoms with van der Waals surface area (Å²) in [6.45, 7) is 3.73. The van der Waals surface area contributed by atoms with E-state index in [-0.39, 0.29) is 11.4 Å². The van der Waals surface area contributed by atoms with Crippen molar-refractivity contribution in [3.05, 3.63) is 84.5 Å². The van der Waals surface area contributed by atoms with Crippen molar-refractivity contribution >= 4 is 77.5 Å². The van der Waals surface area contributed by atoms with Crippen LogP contribution in [0.15, 0.2) is 77.9 Å². The van der Waals surface area contributed by atoms with Crippen LogP contribution >= 0.6 is 43.5 Å². The third-order valence-corrected chi connectivity index (χ3v) is 8.43. The maximum atomic E-state index is 13.6. The molecule has 5 rings (SSSR count). The summed E-state index contributed by atoms with van der Waals surface area (Å²) in [6.07, 6.45) is 0.608. The molecule has 2 aromatic heterocycles. The van der Waals surface area contributed by atoms with E-state index < -0.39 is 12.1 Å². The molecule has 1 atom stereocenters. The summed E-state index contributed by atoms with van der Waals surface area (Å²) >= 11 is 13.3. The van der Waals surface area contributed by atoms with Crippen LogP contribution in [0.25, 0.3) is 33.5 Å². The topological polar surface area (TPSA) is 105 Å². The second-order valence-electron chi connectivity index (χ2n) is 8.74. The van der Waals surface area contributed by atoms with E-state index in [9.17, 15) is 9.59 Å². The van der Waals surface area contributed by atoms with Gasteiger partial charge in [0.05, 0.1) is 35.3 Å². The standard InChI is InChI=1S/C29H22Br2ClN3O6/c1-4-39-22-13-17(24(30)25(31)26(22)40-15(2)29(37)38-3)14-33-35-27(34-20-8-6-5-7-19(20)28(35)36)23-12-16-11-18(32)9-10-21(16)41-23/h5-15H,4H2,1-3H3/t15-/m0/s1. The molecular weight excluding hydrogens is 682 g/mol. The highest BCUT2D eigenvalue weighted by Gasteiger charge is 2.23. The van der Waals surface area contributed by atoms with E-state index in [0.717, 1.165) is 5.39 Å². The Labute approximate surface area is 255 Å². The molecule has 0 aliphatic rings. The second kappa shape index (κ2) is 12.1. The van der Waals surface area contributed by atoms with Crippen LogP contribution in [0.4, 0.5) is 0 Å². The molecule has 12 heteroatoms. The van der Waals surface area contributed by atoms with Gasteiger partial charge < -0.3 is 18.6 Å². The molecule has 0 unspecified atom stereocenters. The number of para-hydroxylation sites is 1. The molecule has 0 N–H and O–H groups in total. The highest BCUT2D eigenvalue weighted by Crippen LogP contribution is 2.43. The Morgan fingerprint density at radius 3 is 2.71 bits per heavy atom. The minimum atomic E-state index is -0.884. The number of hydrogen-bond acceptors (Lipinski definition) is 8. The smallest absolute Gasteiger partial charge is 0.346 e. The normalized spacial score (nSPS) is 12.2. The number of furan rings is 1. The van der Waals surface area contributed by atoms with Gasteiger partial charge in [-0.15, -0.1) is 0 Å². The van der Waals surface area contributed by atoms with E-state index in [0.29, 0.717) is 59.9 Å². The Morgan fingerprint density at radius 2 is 1.95 bits per heavy atom. The maximum absolute atomic E-state index is 13.6. The molecule has 0 bridgehead atoms. The summed E-state index contributed by atoms with van der Waals surface area (Å²) < 4.78 is 24.7. The van der Waals surface area contributed by atoms with Gasteiger partial charge in [0.1, 0.15) is 5.58 Å². The number of methoxy groups -OCH3 is 1. The Hall–Kier alpha value is -3.67. The Kier molecular flexibility index (Phi) is 8.48. The van der Waals surface area contributed by atoms with Crippen LogP contribution in [0, 0.1) is 0 Å². The monoisotopic (exact) mass is 701 g/mol. The van der Waals surface area contributed by atoms with Crippen LogP contribution in [0.5, 0.6) is 11.5 Å². The van der Waals surface area contributed by atoms with Crippen molar-refractivity contribution < 1.29 is 23.4 Å². The zero-order valence-corrected chi connectivity index (χ0v) is 25.9. The number of hydrogen-bond donors (Lipinski definition) is 0. The molecule has 9 nitrogen and oxygen atoms in total. The van der Waals surface area contributed by atoms with E-state index in [1.807, 2.05) is 6.92 Å². The van der Waals surface area contributed by atoms with Gasteiger partial charge in [0.15, 0.2) is 23.4 Å². The number of carbonyl (C=O) groups excluding carboxylic acids is 1. The first-order valence-corrected chi connectivity index (χ1v) is 14.3. The van der Waals surface area contributed by atoms with E-state index in [1.54, 1.807) is 61.5 Å². The largest absolute Gasteiger partial charge is 0.490 e. The number of esters is 1. The summed E-state index contributed by atoms with van der Waals surface area (Å²) in [4.78, 5) is 30.3. The van der Waals surface area contributed by atoms with Crippen molar-refractivity contribution in [2.45, 2.75) is 20.0 Å². The van der Waals surface area contributed by atoms with Gasteiger partial charge in [0.2, 0.25) is 5.82 Å². The fourth-order valence-electron chi connectivity index (χ4n) is 4.10. The number of nitrogens with zero attached hydrogens (tertiary/aromatic N) is 3. The third kappa shape index (κ3) is 5.74. The number of aromatic nitrogens is 2. The van der Waals surface area contributed by atoms with Crippen molar-refractivity contribution in [2.75, 3.05) is 13.7 Å². The zero-order valence-electron chi connectivity index (χ0n) is 22.0. The molecule has 0 radical (unpaired) electrons. The molecule has 5 aromatic rings. The fraction of sp³-hybridized carbons (Fsp3) is 0.172. The van der Waals surface area contributed by atoms with Crippen LogP contribution in [0.1, 0.15) is 19.4 Å². The van der Waals surface area contributed by atoms with Gasteiger partial charge in [-0.2, -0.15) is 9.78 Å². The molecule has 0 spiro atoms. The molecule has 0 saturated carbocycles. The van der Waals surface area contributed by atoms with Gasteiger partial charge >= 0.3 is 5.97 Å². The van der Waals surface area contributed by atoms with E-state index in [4.69, 9.17) is 35.2 Å². The molecule has 0 aliphatic heterocycles. The van der Waals surface area contributed by atoms with Gasteiger partial charge in [-0.05, 0) is 88.2 Å². The first-order chi connectivity index (χ1) is 19.7. The lowest BCUT2D eigenvalue weighted by Crippen LogP contribution is -2.25. The van der Waals surface area contributed by atoms with Crippen LogP contribution < -0.4 is 15.0 Å². The minimum Gasteiger partial charge on any atom is -0.490 e. The number of benzene rings is 3. The summed E-state index contributed by atoms with van der Waals surface area (Å²) in [5.74, 6) is 0.685. The Bertz CT molecular complexity index is 1880. The molecule has 41 heavy (non-hydrogen) atoms. The van der Waals surface area contributed by atoms with E-state index in [2.05, 4.69) is 37.0 Å².